The summed E-state index contributed by atoms with van der Waals surface area (Å²) in [5.74, 6) is -0.191. The van der Waals surface area contributed by atoms with Crippen molar-refractivity contribution < 1.29 is 4.79 Å². The number of amides is 1. The van der Waals surface area contributed by atoms with Crippen molar-refractivity contribution >= 4 is 34.4 Å². The van der Waals surface area contributed by atoms with E-state index in [1.807, 2.05) is 32.0 Å². The number of thioether (sulfide) groups is 1. The standard InChI is InChI=1S/C19H19N7O2S/c1-10-5-4-6-11(2)16(10)26-19(23-24-25-26)29-12(3)17(27)20-13-7-8-14-15(9-13)22-18(28)21-14/h4-9,12H,1-3H3,(H,20,27)(H2,21,22,28)/t12-/m0/s1. The third-order valence-electron chi connectivity index (χ3n) is 4.53. The highest BCUT2D eigenvalue weighted by Crippen LogP contribution is 2.27. The van der Waals surface area contributed by atoms with Gasteiger partial charge in [0, 0.05) is 5.69 Å². The number of benzene rings is 2. The van der Waals surface area contributed by atoms with E-state index in [1.54, 1.807) is 29.8 Å². The van der Waals surface area contributed by atoms with Gasteiger partial charge in [-0.3, -0.25) is 4.79 Å². The number of hydrogen-bond donors (Lipinski definition) is 3. The highest BCUT2D eigenvalue weighted by atomic mass is 32.2. The van der Waals surface area contributed by atoms with Crippen LogP contribution in [-0.4, -0.2) is 41.3 Å². The molecule has 0 fully saturated rings. The number of aromatic nitrogens is 6. The summed E-state index contributed by atoms with van der Waals surface area (Å²) in [7, 11) is 0. The molecule has 0 radical (unpaired) electrons. The summed E-state index contributed by atoms with van der Waals surface area (Å²) in [6.07, 6.45) is 0. The van der Waals surface area contributed by atoms with E-state index in [0.29, 0.717) is 21.9 Å². The molecule has 0 unspecified atom stereocenters. The number of H-pyrrole nitrogens is 2. The van der Waals surface area contributed by atoms with E-state index >= 15 is 0 Å². The van der Waals surface area contributed by atoms with Crippen molar-refractivity contribution in [2.24, 2.45) is 0 Å². The minimum absolute atomic E-state index is 0.191. The average molecular weight is 409 g/mol. The third-order valence-corrected chi connectivity index (χ3v) is 5.56. The quantitative estimate of drug-likeness (QED) is 0.436. The Morgan fingerprint density at radius 2 is 1.86 bits per heavy atom. The number of aromatic amines is 2. The van der Waals surface area contributed by atoms with Crippen LogP contribution in [0.5, 0.6) is 0 Å². The second-order valence-electron chi connectivity index (χ2n) is 6.70. The fraction of sp³-hybridized carbons (Fsp3) is 0.211. The van der Waals surface area contributed by atoms with Crippen LogP contribution in [0.25, 0.3) is 16.7 Å². The predicted octanol–water partition coefficient (Wildman–Crippen LogP) is 2.57. The second-order valence-corrected chi connectivity index (χ2v) is 8.01. The molecule has 0 bridgehead atoms. The van der Waals surface area contributed by atoms with Gasteiger partial charge in [0.2, 0.25) is 11.1 Å². The Morgan fingerprint density at radius 3 is 2.62 bits per heavy atom. The molecule has 0 spiro atoms. The normalized spacial score (nSPS) is 12.2. The van der Waals surface area contributed by atoms with Gasteiger partial charge in [-0.25, -0.2) is 4.79 Å². The monoisotopic (exact) mass is 409 g/mol. The summed E-state index contributed by atoms with van der Waals surface area (Å²) in [6.45, 7) is 5.78. The summed E-state index contributed by atoms with van der Waals surface area (Å²) < 4.78 is 1.66. The summed E-state index contributed by atoms with van der Waals surface area (Å²) in [5, 5.41) is 14.9. The van der Waals surface area contributed by atoms with Gasteiger partial charge in [-0.15, -0.1) is 5.10 Å². The van der Waals surface area contributed by atoms with E-state index < -0.39 is 5.25 Å². The van der Waals surface area contributed by atoms with Crippen molar-refractivity contribution in [3.63, 3.8) is 0 Å². The molecule has 0 saturated carbocycles. The Morgan fingerprint density at radius 1 is 1.14 bits per heavy atom. The molecule has 1 amide bonds. The average Bonchev–Trinajstić information content (AvgIpc) is 3.26. The van der Waals surface area contributed by atoms with E-state index in [4.69, 9.17) is 0 Å². The zero-order chi connectivity index (χ0) is 20.5. The van der Waals surface area contributed by atoms with E-state index in [0.717, 1.165) is 16.8 Å². The lowest BCUT2D eigenvalue weighted by Gasteiger charge is -2.13. The molecular weight excluding hydrogens is 390 g/mol. The first-order chi connectivity index (χ1) is 13.9. The van der Waals surface area contributed by atoms with Crippen LogP contribution in [0.2, 0.25) is 0 Å². The number of aryl methyl sites for hydroxylation is 2. The Hall–Kier alpha value is -3.40. The highest BCUT2D eigenvalue weighted by Gasteiger charge is 2.21. The Bertz CT molecular complexity index is 1240. The van der Waals surface area contributed by atoms with Crippen molar-refractivity contribution in [1.82, 2.24) is 30.2 Å². The number of para-hydroxylation sites is 1. The number of nitrogens with zero attached hydrogens (tertiary/aromatic N) is 4. The number of imidazole rings is 1. The highest BCUT2D eigenvalue weighted by molar-refractivity contribution is 8.00. The number of rotatable bonds is 5. The molecule has 0 aliphatic carbocycles. The number of tetrazole rings is 1. The first-order valence-corrected chi connectivity index (χ1v) is 9.85. The number of hydrogen-bond acceptors (Lipinski definition) is 6. The van der Waals surface area contributed by atoms with Gasteiger partial charge in [-0.05, 0) is 60.5 Å². The summed E-state index contributed by atoms with van der Waals surface area (Å²) in [5.41, 5.74) is 4.63. The molecule has 4 aromatic rings. The summed E-state index contributed by atoms with van der Waals surface area (Å²) in [4.78, 5) is 29.4. The Labute approximate surface area is 169 Å². The molecule has 3 N–H and O–H groups in total. The van der Waals surface area contributed by atoms with Crippen LogP contribution in [0.1, 0.15) is 18.1 Å². The second kappa shape index (κ2) is 7.55. The lowest BCUT2D eigenvalue weighted by atomic mass is 10.1. The van der Waals surface area contributed by atoms with E-state index in [9.17, 15) is 9.59 Å². The molecule has 0 aliphatic rings. The molecule has 0 aliphatic heterocycles. The fourth-order valence-corrected chi connectivity index (χ4v) is 3.89. The zero-order valence-electron chi connectivity index (χ0n) is 16.1. The van der Waals surface area contributed by atoms with Crippen molar-refractivity contribution in [1.29, 1.82) is 0 Å². The summed E-state index contributed by atoms with van der Waals surface area (Å²) >= 11 is 1.28. The molecule has 2 heterocycles. The SMILES string of the molecule is Cc1cccc(C)c1-n1nnnc1S[C@@H](C)C(=O)Nc1ccc2[nH]c(=O)[nH]c2c1. The molecule has 2 aromatic carbocycles. The Balaban J connectivity index is 1.52. The van der Waals surface area contributed by atoms with Gasteiger partial charge in [0.05, 0.1) is 22.0 Å². The van der Waals surface area contributed by atoms with Gasteiger partial charge < -0.3 is 15.3 Å². The van der Waals surface area contributed by atoms with Gasteiger partial charge in [-0.1, -0.05) is 30.0 Å². The lowest BCUT2D eigenvalue weighted by Crippen LogP contribution is -2.23. The number of fused-ring (bicyclic) bond motifs is 1. The maximum Gasteiger partial charge on any atom is 0.323 e. The molecule has 9 nitrogen and oxygen atoms in total. The van der Waals surface area contributed by atoms with Crippen molar-refractivity contribution in [3.8, 4) is 5.69 Å². The van der Waals surface area contributed by atoms with Crippen molar-refractivity contribution in [2.45, 2.75) is 31.2 Å². The lowest BCUT2D eigenvalue weighted by molar-refractivity contribution is -0.115. The van der Waals surface area contributed by atoms with Crippen LogP contribution >= 0.6 is 11.8 Å². The van der Waals surface area contributed by atoms with Crippen molar-refractivity contribution in [3.05, 3.63) is 58.0 Å². The van der Waals surface area contributed by atoms with Crippen LogP contribution in [0, 0.1) is 13.8 Å². The zero-order valence-corrected chi connectivity index (χ0v) is 16.9. The minimum Gasteiger partial charge on any atom is -0.325 e. The molecule has 0 saturated heterocycles. The van der Waals surface area contributed by atoms with Crippen LogP contribution < -0.4 is 11.0 Å². The maximum absolute atomic E-state index is 12.7. The molecule has 1 atom stereocenters. The number of carbonyl (C=O) groups excluding carboxylic acids is 1. The van der Waals surface area contributed by atoms with E-state index in [2.05, 4.69) is 30.8 Å². The molecule has 10 heteroatoms. The maximum atomic E-state index is 12.7. The minimum atomic E-state index is -0.440. The van der Waals surface area contributed by atoms with Crippen molar-refractivity contribution in [2.75, 3.05) is 5.32 Å². The number of carbonyl (C=O) groups is 1. The smallest absolute Gasteiger partial charge is 0.323 e. The van der Waals surface area contributed by atoms with Crippen LogP contribution in [0.3, 0.4) is 0 Å². The van der Waals surface area contributed by atoms with Gasteiger partial charge in [0.25, 0.3) is 0 Å². The van der Waals surface area contributed by atoms with Crippen LogP contribution in [-0.2, 0) is 4.79 Å². The van der Waals surface area contributed by atoms with Crippen LogP contribution in [0.4, 0.5) is 5.69 Å². The Kier molecular flexibility index (Phi) is 4.93. The first kappa shape index (κ1) is 18.9. The van der Waals surface area contributed by atoms with Gasteiger partial charge >= 0.3 is 5.69 Å². The van der Waals surface area contributed by atoms with E-state index in [-0.39, 0.29) is 11.6 Å². The fourth-order valence-electron chi connectivity index (χ4n) is 3.10. The van der Waals surface area contributed by atoms with Gasteiger partial charge in [0.15, 0.2) is 0 Å². The van der Waals surface area contributed by atoms with Crippen LogP contribution in [0.15, 0.2) is 46.3 Å². The molecule has 148 valence electrons. The molecular formula is C19H19N7O2S. The first-order valence-electron chi connectivity index (χ1n) is 8.97. The molecule has 29 heavy (non-hydrogen) atoms. The van der Waals surface area contributed by atoms with Gasteiger partial charge in [0.1, 0.15) is 0 Å². The predicted molar refractivity (Wildman–Crippen MR) is 111 cm³/mol. The topological polar surface area (TPSA) is 121 Å². The molecule has 4 rings (SSSR count). The summed E-state index contributed by atoms with van der Waals surface area (Å²) in [6, 6.07) is 11.2. The third kappa shape index (κ3) is 3.79. The van der Waals surface area contributed by atoms with Gasteiger partial charge in [-0.2, -0.15) is 4.68 Å². The van der Waals surface area contributed by atoms with E-state index in [1.165, 1.54) is 11.8 Å². The number of nitrogens with one attached hydrogen (secondary N) is 3. The molecule has 2 aromatic heterocycles. The largest absolute Gasteiger partial charge is 0.325 e. The number of anilines is 1.